The fraction of sp³-hybridized carbons (Fsp3) is 0.190. The summed E-state index contributed by atoms with van der Waals surface area (Å²) in [6, 6.07) is 18.2. The van der Waals surface area contributed by atoms with Crippen LogP contribution in [0.1, 0.15) is 18.5 Å². The van der Waals surface area contributed by atoms with E-state index in [1.54, 1.807) is 24.3 Å². The maximum absolute atomic E-state index is 12.5. The zero-order valence-corrected chi connectivity index (χ0v) is 18.4. The molecule has 0 heterocycles. The average Bonchev–Trinajstić information content (AvgIpc) is 2.65. The Bertz CT molecular complexity index is 1140. The van der Waals surface area contributed by atoms with E-state index >= 15 is 0 Å². The largest absolute Gasteiger partial charge is 0.349 e. The van der Waals surface area contributed by atoms with E-state index in [9.17, 15) is 13.2 Å². The minimum atomic E-state index is -3.41. The summed E-state index contributed by atoms with van der Waals surface area (Å²) in [5, 5.41) is 5.54. The Hall–Kier alpha value is -2.22. The standard InChI is InChI=1S/C21H21ClN2O3S2/c1-14(16-9-3-4-11-18(16)24-29(2,26)27)23-20(25)13-28-19-12-6-8-15-7-5-10-17(22)21(15)19/h3-12,14,24H,13H2,1-2H3,(H,23,25). The zero-order chi connectivity index (χ0) is 21.0. The van der Waals surface area contributed by atoms with Crippen LogP contribution >= 0.6 is 23.4 Å². The van der Waals surface area contributed by atoms with Crippen LogP contribution in [0.3, 0.4) is 0 Å². The van der Waals surface area contributed by atoms with Crippen LogP contribution in [0, 0.1) is 0 Å². The summed E-state index contributed by atoms with van der Waals surface area (Å²) in [5.74, 6) is 0.0665. The number of hydrogen-bond donors (Lipinski definition) is 2. The zero-order valence-electron chi connectivity index (χ0n) is 16.0. The number of fused-ring (bicyclic) bond motifs is 1. The highest BCUT2D eigenvalue weighted by atomic mass is 35.5. The molecule has 0 aliphatic rings. The molecule has 0 aliphatic carbocycles. The van der Waals surface area contributed by atoms with E-state index < -0.39 is 10.0 Å². The maximum Gasteiger partial charge on any atom is 0.230 e. The maximum atomic E-state index is 12.5. The van der Waals surface area contributed by atoms with Gasteiger partial charge in [-0.3, -0.25) is 9.52 Å². The molecule has 0 radical (unpaired) electrons. The molecule has 29 heavy (non-hydrogen) atoms. The molecule has 0 saturated heterocycles. The number of amides is 1. The van der Waals surface area contributed by atoms with E-state index in [2.05, 4.69) is 10.0 Å². The molecule has 3 aromatic rings. The van der Waals surface area contributed by atoms with Gasteiger partial charge in [-0.1, -0.05) is 54.1 Å². The molecular formula is C21H21ClN2O3S2. The molecule has 2 N–H and O–H groups in total. The van der Waals surface area contributed by atoms with E-state index in [-0.39, 0.29) is 17.7 Å². The van der Waals surface area contributed by atoms with Crippen molar-refractivity contribution in [3.8, 4) is 0 Å². The highest BCUT2D eigenvalue weighted by Gasteiger charge is 2.16. The third kappa shape index (κ3) is 5.65. The van der Waals surface area contributed by atoms with Crippen LogP contribution in [0.15, 0.2) is 65.6 Å². The number of anilines is 1. The van der Waals surface area contributed by atoms with Gasteiger partial charge < -0.3 is 5.32 Å². The van der Waals surface area contributed by atoms with Gasteiger partial charge in [0, 0.05) is 15.3 Å². The van der Waals surface area contributed by atoms with Gasteiger partial charge >= 0.3 is 0 Å². The van der Waals surface area contributed by atoms with Crippen molar-refractivity contribution in [2.24, 2.45) is 0 Å². The smallest absolute Gasteiger partial charge is 0.230 e. The van der Waals surface area contributed by atoms with Crippen LogP contribution in [0.4, 0.5) is 5.69 Å². The van der Waals surface area contributed by atoms with E-state index in [1.165, 1.54) is 11.8 Å². The van der Waals surface area contributed by atoms with Crippen molar-refractivity contribution < 1.29 is 13.2 Å². The van der Waals surface area contributed by atoms with Gasteiger partial charge in [0.25, 0.3) is 0 Å². The molecule has 0 aromatic heterocycles. The van der Waals surface area contributed by atoms with E-state index in [0.717, 1.165) is 21.9 Å². The molecule has 3 rings (SSSR count). The first kappa shape index (κ1) is 21.5. The van der Waals surface area contributed by atoms with Gasteiger partial charge in [0.15, 0.2) is 0 Å². The highest BCUT2D eigenvalue weighted by molar-refractivity contribution is 8.00. The number of nitrogens with one attached hydrogen (secondary N) is 2. The third-order valence-electron chi connectivity index (χ3n) is 4.27. The lowest BCUT2D eigenvalue weighted by atomic mass is 10.1. The molecule has 0 saturated carbocycles. The summed E-state index contributed by atoms with van der Waals surface area (Å²) in [6.07, 6.45) is 1.10. The molecule has 0 spiro atoms. The molecule has 1 amide bonds. The fourth-order valence-corrected chi connectivity index (χ4v) is 4.90. The number of sulfonamides is 1. The van der Waals surface area contributed by atoms with Gasteiger partial charge in [-0.25, -0.2) is 8.42 Å². The molecule has 0 aliphatic heterocycles. The number of hydrogen-bond acceptors (Lipinski definition) is 4. The van der Waals surface area contributed by atoms with Gasteiger partial charge in [0.05, 0.1) is 23.7 Å². The molecule has 8 heteroatoms. The van der Waals surface area contributed by atoms with Crippen LogP contribution in [0.5, 0.6) is 0 Å². The van der Waals surface area contributed by atoms with Gasteiger partial charge in [0.1, 0.15) is 0 Å². The van der Waals surface area contributed by atoms with E-state index in [0.29, 0.717) is 16.3 Å². The number of para-hydroxylation sites is 1. The van der Waals surface area contributed by atoms with Crippen molar-refractivity contribution >= 4 is 55.8 Å². The quantitative estimate of drug-likeness (QED) is 0.507. The predicted octanol–water partition coefficient (Wildman–Crippen LogP) is 4.83. The second kappa shape index (κ2) is 9.07. The first-order valence-corrected chi connectivity index (χ1v) is 12.2. The SMILES string of the molecule is CC(NC(=O)CSc1cccc2cccc(Cl)c12)c1ccccc1NS(C)(=O)=O. The van der Waals surface area contributed by atoms with Gasteiger partial charge in [-0.05, 0) is 36.1 Å². The number of halogens is 1. The summed E-state index contributed by atoms with van der Waals surface area (Å²) in [6.45, 7) is 1.82. The Morgan fingerprint density at radius 2 is 1.76 bits per heavy atom. The lowest BCUT2D eigenvalue weighted by Gasteiger charge is -2.18. The highest BCUT2D eigenvalue weighted by Crippen LogP contribution is 2.33. The molecule has 3 aromatic carbocycles. The summed E-state index contributed by atoms with van der Waals surface area (Å²) < 4.78 is 25.6. The molecule has 0 fully saturated rings. The Morgan fingerprint density at radius 1 is 1.07 bits per heavy atom. The molecule has 1 atom stereocenters. The topological polar surface area (TPSA) is 75.3 Å². The van der Waals surface area contributed by atoms with Crippen LogP contribution < -0.4 is 10.0 Å². The molecule has 0 bridgehead atoms. The van der Waals surface area contributed by atoms with Crippen molar-refractivity contribution in [3.05, 3.63) is 71.2 Å². The van der Waals surface area contributed by atoms with E-state index in [4.69, 9.17) is 11.6 Å². The minimum absolute atomic E-state index is 0.152. The average molecular weight is 449 g/mol. The monoisotopic (exact) mass is 448 g/mol. The van der Waals surface area contributed by atoms with E-state index in [1.807, 2.05) is 43.3 Å². The first-order chi connectivity index (χ1) is 13.7. The Morgan fingerprint density at radius 3 is 2.48 bits per heavy atom. The van der Waals surface area contributed by atoms with Crippen LogP contribution in [0.25, 0.3) is 10.8 Å². The summed E-state index contributed by atoms with van der Waals surface area (Å²) >= 11 is 7.76. The van der Waals surface area contributed by atoms with Crippen molar-refractivity contribution in [1.82, 2.24) is 5.32 Å². The Labute approximate surface area is 179 Å². The summed E-state index contributed by atoms with van der Waals surface area (Å²) in [4.78, 5) is 13.5. The Balaban J connectivity index is 1.70. The van der Waals surface area contributed by atoms with Crippen LogP contribution in [-0.2, 0) is 14.8 Å². The van der Waals surface area contributed by atoms with Crippen LogP contribution in [0.2, 0.25) is 5.02 Å². The second-order valence-electron chi connectivity index (χ2n) is 6.63. The fourth-order valence-electron chi connectivity index (χ4n) is 3.05. The lowest BCUT2D eigenvalue weighted by molar-refractivity contribution is -0.119. The van der Waals surface area contributed by atoms with Crippen molar-refractivity contribution in [2.75, 3.05) is 16.7 Å². The van der Waals surface area contributed by atoms with Gasteiger partial charge in [-0.2, -0.15) is 0 Å². The molecular weight excluding hydrogens is 428 g/mol. The predicted molar refractivity (Wildman–Crippen MR) is 121 cm³/mol. The van der Waals surface area contributed by atoms with Gasteiger partial charge in [0.2, 0.25) is 15.9 Å². The van der Waals surface area contributed by atoms with Crippen molar-refractivity contribution in [1.29, 1.82) is 0 Å². The molecule has 152 valence electrons. The van der Waals surface area contributed by atoms with Crippen molar-refractivity contribution in [3.63, 3.8) is 0 Å². The van der Waals surface area contributed by atoms with Gasteiger partial charge in [-0.15, -0.1) is 11.8 Å². The number of thioether (sulfide) groups is 1. The molecule has 1 unspecified atom stereocenters. The third-order valence-corrected chi connectivity index (χ3v) is 6.24. The van der Waals surface area contributed by atoms with Crippen molar-refractivity contribution in [2.45, 2.75) is 17.9 Å². The number of benzene rings is 3. The lowest BCUT2D eigenvalue weighted by Crippen LogP contribution is -2.29. The number of carbonyl (C=O) groups excluding carboxylic acids is 1. The Kier molecular flexibility index (Phi) is 6.72. The normalized spacial score (nSPS) is 12.5. The summed E-state index contributed by atoms with van der Waals surface area (Å²) in [7, 11) is -3.41. The molecule has 5 nitrogen and oxygen atoms in total. The minimum Gasteiger partial charge on any atom is -0.349 e. The second-order valence-corrected chi connectivity index (χ2v) is 9.81. The number of rotatable bonds is 7. The first-order valence-electron chi connectivity index (χ1n) is 8.91. The number of carbonyl (C=O) groups is 1. The summed E-state index contributed by atoms with van der Waals surface area (Å²) in [5.41, 5.74) is 1.15. The van der Waals surface area contributed by atoms with Crippen LogP contribution in [-0.4, -0.2) is 26.3 Å².